The molecule has 0 saturated carbocycles. The minimum absolute atomic E-state index is 0.0462. The maximum Gasteiger partial charge on any atom is 0.277 e. The number of nitrogens with zero attached hydrogens (tertiary/aromatic N) is 3. The number of benzene rings is 1. The monoisotopic (exact) mass is 349 g/mol. The molecule has 1 unspecified atom stereocenters. The Morgan fingerprint density at radius 2 is 1.92 bits per heavy atom. The van der Waals surface area contributed by atoms with Gasteiger partial charge in [0.15, 0.2) is 0 Å². The van der Waals surface area contributed by atoms with Crippen molar-refractivity contribution in [3.8, 4) is 5.75 Å². The van der Waals surface area contributed by atoms with E-state index in [9.17, 15) is 4.79 Å². The molecule has 1 amide bonds. The van der Waals surface area contributed by atoms with Crippen LogP contribution in [-0.2, 0) is 11.2 Å². The Morgan fingerprint density at radius 3 is 2.46 bits per heavy atom. The van der Waals surface area contributed by atoms with Gasteiger partial charge in [-0.25, -0.2) is 0 Å². The molecule has 1 atom stereocenters. The van der Waals surface area contributed by atoms with Gasteiger partial charge in [0.25, 0.3) is 5.22 Å². The molecule has 2 rings (SSSR count). The molecule has 0 spiro atoms. The molecule has 0 aliphatic rings. The number of aromatic nitrogens is 2. The van der Waals surface area contributed by atoms with Crippen molar-refractivity contribution in [2.45, 2.75) is 30.7 Å². The molecule has 0 radical (unpaired) electrons. The summed E-state index contributed by atoms with van der Waals surface area (Å²) < 4.78 is 10.8. The number of methoxy groups -OCH3 is 1. The first kappa shape index (κ1) is 18.3. The van der Waals surface area contributed by atoms with Crippen molar-refractivity contribution in [1.29, 1.82) is 0 Å². The smallest absolute Gasteiger partial charge is 0.277 e. The zero-order valence-corrected chi connectivity index (χ0v) is 15.5. The Balaban J connectivity index is 2.04. The van der Waals surface area contributed by atoms with Gasteiger partial charge in [-0.3, -0.25) is 4.79 Å². The molecule has 0 N–H and O–H groups in total. The molecule has 1 aromatic heterocycles. The first-order valence-corrected chi connectivity index (χ1v) is 8.61. The van der Waals surface area contributed by atoms with Crippen molar-refractivity contribution in [3.05, 3.63) is 35.7 Å². The first-order chi connectivity index (χ1) is 11.4. The highest BCUT2D eigenvalue weighted by Gasteiger charge is 2.27. The van der Waals surface area contributed by atoms with Crippen LogP contribution < -0.4 is 4.74 Å². The number of hydrogen-bond acceptors (Lipinski definition) is 6. The lowest BCUT2D eigenvalue weighted by Crippen LogP contribution is -2.34. The van der Waals surface area contributed by atoms with Crippen LogP contribution in [0.4, 0.5) is 0 Å². The van der Waals surface area contributed by atoms with Crippen LogP contribution in [0.15, 0.2) is 33.9 Å². The average molecular weight is 349 g/mol. The van der Waals surface area contributed by atoms with Crippen LogP contribution in [0.3, 0.4) is 0 Å². The molecule has 0 bridgehead atoms. The quantitative estimate of drug-likeness (QED) is 0.716. The van der Waals surface area contributed by atoms with Gasteiger partial charge in [0.2, 0.25) is 11.8 Å². The Hall–Kier alpha value is -2.02. The van der Waals surface area contributed by atoms with Gasteiger partial charge in [-0.1, -0.05) is 37.7 Å². The summed E-state index contributed by atoms with van der Waals surface area (Å²) in [6.07, 6.45) is 0.547. The predicted molar refractivity (Wildman–Crippen MR) is 93.3 cm³/mol. The number of ether oxygens (including phenoxy) is 1. The maximum absolute atomic E-state index is 12.3. The standard InChI is InChI=1S/C17H23N3O3S/c1-11(2)15(16(21)20(3)4)24-17-19-18-14(23-17)10-12-6-8-13(22-5)9-7-12/h6-9,11,15H,10H2,1-5H3. The fourth-order valence-electron chi connectivity index (χ4n) is 2.11. The summed E-state index contributed by atoms with van der Waals surface area (Å²) >= 11 is 1.32. The van der Waals surface area contributed by atoms with Crippen LogP contribution in [0, 0.1) is 5.92 Å². The van der Waals surface area contributed by atoms with Crippen LogP contribution >= 0.6 is 11.8 Å². The number of rotatable bonds is 7. The Kier molecular flexibility index (Phi) is 6.25. The van der Waals surface area contributed by atoms with Gasteiger partial charge in [-0.05, 0) is 23.6 Å². The Morgan fingerprint density at radius 1 is 1.25 bits per heavy atom. The van der Waals surface area contributed by atoms with E-state index < -0.39 is 0 Å². The molecular formula is C17H23N3O3S. The largest absolute Gasteiger partial charge is 0.497 e. The van der Waals surface area contributed by atoms with Gasteiger partial charge in [0.1, 0.15) is 5.75 Å². The van der Waals surface area contributed by atoms with E-state index in [2.05, 4.69) is 10.2 Å². The van der Waals surface area contributed by atoms with E-state index in [4.69, 9.17) is 9.15 Å². The molecule has 130 valence electrons. The lowest BCUT2D eigenvalue weighted by Gasteiger charge is -2.21. The molecule has 0 fully saturated rings. The topological polar surface area (TPSA) is 68.5 Å². The van der Waals surface area contributed by atoms with Crippen molar-refractivity contribution >= 4 is 17.7 Å². The highest BCUT2D eigenvalue weighted by atomic mass is 32.2. The van der Waals surface area contributed by atoms with E-state index in [0.717, 1.165) is 11.3 Å². The van der Waals surface area contributed by atoms with Gasteiger partial charge >= 0.3 is 0 Å². The van der Waals surface area contributed by atoms with E-state index >= 15 is 0 Å². The third-order valence-electron chi connectivity index (χ3n) is 3.48. The van der Waals surface area contributed by atoms with Gasteiger partial charge < -0.3 is 14.1 Å². The summed E-state index contributed by atoms with van der Waals surface area (Å²) in [5, 5.41) is 8.32. The third kappa shape index (κ3) is 4.74. The number of carbonyl (C=O) groups is 1. The highest BCUT2D eigenvalue weighted by molar-refractivity contribution is 8.00. The number of carbonyl (C=O) groups excluding carboxylic acids is 1. The molecule has 0 aliphatic heterocycles. The molecule has 0 aliphatic carbocycles. The van der Waals surface area contributed by atoms with Gasteiger partial charge in [0.05, 0.1) is 18.8 Å². The number of hydrogen-bond donors (Lipinski definition) is 0. The van der Waals surface area contributed by atoms with E-state index in [1.807, 2.05) is 38.1 Å². The maximum atomic E-state index is 12.3. The minimum Gasteiger partial charge on any atom is -0.497 e. The van der Waals surface area contributed by atoms with Crippen molar-refractivity contribution in [3.63, 3.8) is 0 Å². The summed E-state index contributed by atoms with van der Waals surface area (Å²) in [7, 11) is 5.14. The Labute approximate surface area is 146 Å². The summed E-state index contributed by atoms with van der Waals surface area (Å²) in [5.74, 6) is 1.55. The molecular weight excluding hydrogens is 326 g/mol. The van der Waals surface area contributed by atoms with Crippen LogP contribution in [0.25, 0.3) is 0 Å². The first-order valence-electron chi connectivity index (χ1n) is 7.74. The van der Waals surface area contributed by atoms with Crippen LogP contribution in [0.5, 0.6) is 5.75 Å². The van der Waals surface area contributed by atoms with Crippen LogP contribution in [-0.4, -0.2) is 47.5 Å². The SMILES string of the molecule is COc1ccc(Cc2nnc(SC(C(=O)N(C)C)C(C)C)o2)cc1. The molecule has 0 saturated heterocycles. The van der Waals surface area contributed by atoms with E-state index in [-0.39, 0.29) is 17.1 Å². The fraction of sp³-hybridized carbons (Fsp3) is 0.471. The van der Waals surface area contributed by atoms with Crippen LogP contribution in [0.1, 0.15) is 25.3 Å². The Bertz CT molecular complexity index is 668. The number of thioether (sulfide) groups is 1. The highest BCUT2D eigenvalue weighted by Crippen LogP contribution is 2.28. The second kappa shape index (κ2) is 8.19. The summed E-state index contributed by atoms with van der Waals surface area (Å²) in [4.78, 5) is 13.8. The van der Waals surface area contributed by atoms with Crippen molar-refractivity contribution in [2.75, 3.05) is 21.2 Å². The molecule has 6 nitrogen and oxygen atoms in total. The lowest BCUT2D eigenvalue weighted by molar-refractivity contribution is -0.128. The summed E-state index contributed by atoms with van der Waals surface area (Å²) in [6, 6.07) is 7.71. The molecule has 7 heteroatoms. The van der Waals surface area contributed by atoms with Crippen molar-refractivity contribution in [1.82, 2.24) is 15.1 Å². The zero-order valence-electron chi connectivity index (χ0n) is 14.6. The number of amides is 1. The molecule has 24 heavy (non-hydrogen) atoms. The van der Waals surface area contributed by atoms with E-state index in [1.54, 1.807) is 26.1 Å². The average Bonchev–Trinajstić information content (AvgIpc) is 2.99. The second-order valence-electron chi connectivity index (χ2n) is 6.00. The van der Waals surface area contributed by atoms with Crippen molar-refractivity contribution in [2.24, 2.45) is 5.92 Å². The lowest BCUT2D eigenvalue weighted by atomic mass is 10.1. The summed E-state index contributed by atoms with van der Waals surface area (Å²) in [5.41, 5.74) is 1.06. The fourth-order valence-corrected chi connectivity index (χ4v) is 3.14. The van der Waals surface area contributed by atoms with Gasteiger partial charge in [-0.15, -0.1) is 10.2 Å². The van der Waals surface area contributed by atoms with Gasteiger partial charge in [-0.2, -0.15) is 0 Å². The predicted octanol–water partition coefficient (Wildman–Crippen LogP) is 2.87. The van der Waals surface area contributed by atoms with Gasteiger partial charge in [0, 0.05) is 14.1 Å². The normalized spacial score (nSPS) is 12.2. The summed E-state index contributed by atoms with van der Waals surface area (Å²) in [6.45, 7) is 4.02. The minimum atomic E-state index is -0.241. The second-order valence-corrected chi connectivity index (χ2v) is 7.09. The van der Waals surface area contributed by atoms with Crippen LogP contribution in [0.2, 0.25) is 0 Å². The molecule has 2 aromatic rings. The third-order valence-corrected chi connectivity index (χ3v) is 4.85. The zero-order chi connectivity index (χ0) is 17.7. The van der Waals surface area contributed by atoms with E-state index in [0.29, 0.717) is 17.5 Å². The molecule has 1 aromatic carbocycles. The van der Waals surface area contributed by atoms with E-state index in [1.165, 1.54) is 11.8 Å². The van der Waals surface area contributed by atoms with Crippen molar-refractivity contribution < 1.29 is 13.9 Å². The molecule has 1 heterocycles.